The first-order valence-electron chi connectivity index (χ1n) is 6.20. The van der Waals surface area contributed by atoms with Gasteiger partial charge >= 0.3 is 0 Å². The largest absolute Gasteiger partial charge is 0.390 e. The second-order valence-electron chi connectivity index (χ2n) is 4.76. The molecular weight excluding hydrogens is 252 g/mol. The molecule has 1 aromatic rings. The standard InChI is InChI=1S/C12H22N2O3S/c1-4-5-14-8-12(6-11(14)9-15)18(16,17)13-7-10(2)3/h6,8,10,13,15H,4-5,7,9H2,1-3H3. The van der Waals surface area contributed by atoms with Crippen molar-refractivity contribution in [2.75, 3.05) is 6.54 Å². The van der Waals surface area contributed by atoms with Crippen LogP contribution in [0.3, 0.4) is 0 Å². The number of aliphatic hydroxyl groups is 1. The number of sulfonamides is 1. The fourth-order valence-corrected chi connectivity index (χ4v) is 2.89. The molecule has 104 valence electrons. The van der Waals surface area contributed by atoms with E-state index in [0.29, 0.717) is 18.8 Å². The average Bonchev–Trinajstić information content (AvgIpc) is 2.71. The third-order valence-electron chi connectivity index (χ3n) is 2.58. The molecular formula is C12H22N2O3S. The Bertz CT molecular complexity index is 478. The van der Waals surface area contributed by atoms with Gasteiger partial charge in [-0.3, -0.25) is 0 Å². The molecule has 0 saturated carbocycles. The van der Waals surface area contributed by atoms with E-state index in [9.17, 15) is 13.5 Å². The van der Waals surface area contributed by atoms with Gasteiger partial charge in [-0.25, -0.2) is 13.1 Å². The van der Waals surface area contributed by atoms with E-state index in [1.165, 1.54) is 6.07 Å². The van der Waals surface area contributed by atoms with E-state index in [1.807, 2.05) is 20.8 Å². The number of hydrogen-bond donors (Lipinski definition) is 2. The molecule has 0 unspecified atom stereocenters. The molecule has 5 nitrogen and oxygen atoms in total. The molecule has 6 heteroatoms. The van der Waals surface area contributed by atoms with Crippen LogP contribution in [0, 0.1) is 5.92 Å². The van der Waals surface area contributed by atoms with Gasteiger partial charge in [0.15, 0.2) is 0 Å². The van der Waals surface area contributed by atoms with Gasteiger partial charge in [-0.1, -0.05) is 20.8 Å². The van der Waals surface area contributed by atoms with Gasteiger partial charge in [0.25, 0.3) is 0 Å². The normalized spacial score (nSPS) is 12.3. The van der Waals surface area contributed by atoms with Gasteiger partial charge in [0, 0.05) is 25.0 Å². The fraction of sp³-hybridized carbons (Fsp3) is 0.667. The maximum atomic E-state index is 12.0. The van der Waals surface area contributed by atoms with E-state index < -0.39 is 10.0 Å². The highest BCUT2D eigenvalue weighted by Gasteiger charge is 2.18. The zero-order valence-electron chi connectivity index (χ0n) is 11.2. The van der Waals surface area contributed by atoms with E-state index >= 15 is 0 Å². The molecule has 0 atom stereocenters. The predicted octanol–water partition coefficient (Wildman–Crippen LogP) is 1.32. The third-order valence-corrected chi connectivity index (χ3v) is 3.97. The molecule has 1 heterocycles. The summed E-state index contributed by atoms with van der Waals surface area (Å²) in [6.45, 7) is 6.87. The Morgan fingerprint density at radius 1 is 1.44 bits per heavy atom. The smallest absolute Gasteiger partial charge is 0.242 e. The summed E-state index contributed by atoms with van der Waals surface area (Å²) < 4.78 is 28.4. The summed E-state index contributed by atoms with van der Waals surface area (Å²) in [7, 11) is -3.47. The van der Waals surface area contributed by atoms with Crippen LogP contribution in [0.15, 0.2) is 17.2 Å². The molecule has 0 bridgehead atoms. The summed E-state index contributed by atoms with van der Waals surface area (Å²) in [5.41, 5.74) is 0.627. The van der Waals surface area contributed by atoms with Gasteiger partial charge < -0.3 is 9.67 Å². The first-order valence-corrected chi connectivity index (χ1v) is 7.68. The molecule has 0 aliphatic heterocycles. The van der Waals surface area contributed by atoms with Crippen LogP contribution in [0.2, 0.25) is 0 Å². The molecule has 2 N–H and O–H groups in total. The number of aromatic nitrogens is 1. The van der Waals surface area contributed by atoms with Gasteiger partial charge in [0.05, 0.1) is 11.5 Å². The maximum Gasteiger partial charge on any atom is 0.242 e. The molecule has 1 aromatic heterocycles. The Labute approximate surface area is 109 Å². The number of rotatable bonds is 7. The highest BCUT2D eigenvalue weighted by molar-refractivity contribution is 7.89. The van der Waals surface area contributed by atoms with Crippen molar-refractivity contribution in [3.8, 4) is 0 Å². The Morgan fingerprint density at radius 2 is 2.11 bits per heavy atom. The zero-order chi connectivity index (χ0) is 13.8. The van der Waals surface area contributed by atoms with Crippen molar-refractivity contribution in [3.05, 3.63) is 18.0 Å². The number of nitrogens with zero attached hydrogens (tertiary/aromatic N) is 1. The van der Waals surface area contributed by atoms with Crippen LogP contribution >= 0.6 is 0 Å². The minimum absolute atomic E-state index is 0.153. The van der Waals surface area contributed by atoms with E-state index in [0.717, 1.165) is 6.42 Å². The molecule has 0 radical (unpaired) electrons. The zero-order valence-corrected chi connectivity index (χ0v) is 12.0. The molecule has 18 heavy (non-hydrogen) atoms. The highest BCUT2D eigenvalue weighted by atomic mass is 32.2. The van der Waals surface area contributed by atoms with Gasteiger partial charge in [0.1, 0.15) is 0 Å². The number of nitrogens with one attached hydrogen (secondary N) is 1. The average molecular weight is 274 g/mol. The molecule has 0 spiro atoms. The van der Waals surface area contributed by atoms with Gasteiger partial charge in [0.2, 0.25) is 10.0 Å². The second kappa shape index (κ2) is 6.36. The van der Waals surface area contributed by atoms with Crippen LogP contribution in [-0.4, -0.2) is 24.6 Å². The van der Waals surface area contributed by atoms with Crippen LogP contribution in [0.5, 0.6) is 0 Å². The van der Waals surface area contributed by atoms with Crippen LogP contribution in [0.25, 0.3) is 0 Å². The van der Waals surface area contributed by atoms with Gasteiger partial charge in [-0.05, 0) is 18.4 Å². The van der Waals surface area contributed by atoms with Crippen molar-refractivity contribution < 1.29 is 13.5 Å². The summed E-state index contributed by atoms with van der Waals surface area (Å²) in [5, 5.41) is 9.21. The Hall–Kier alpha value is -0.850. The molecule has 1 rings (SSSR count). The predicted molar refractivity (Wildman–Crippen MR) is 70.7 cm³/mol. The number of aliphatic hydroxyl groups excluding tert-OH is 1. The molecule has 0 aliphatic rings. The Balaban J connectivity index is 2.95. The summed E-state index contributed by atoms with van der Waals surface area (Å²) >= 11 is 0. The lowest BCUT2D eigenvalue weighted by molar-refractivity contribution is 0.270. The second-order valence-corrected chi connectivity index (χ2v) is 6.53. The van der Waals surface area contributed by atoms with Crippen molar-refractivity contribution in [2.45, 2.75) is 45.2 Å². The Morgan fingerprint density at radius 3 is 2.61 bits per heavy atom. The maximum absolute atomic E-state index is 12.0. The van der Waals surface area contributed by atoms with Gasteiger partial charge in [-0.15, -0.1) is 0 Å². The van der Waals surface area contributed by atoms with Crippen molar-refractivity contribution in [1.82, 2.24) is 9.29 Å². The van der Waals surface area contributed by atoms with Crippen LogP contribution in [-0.2, 0) is 23.2 Å². The minimum atomic E-state index is -3.47. The van der Waals surface area contributed by atoms with Gasteiger partial charge in [-0.2, -0.15) is 0 Å². The Kier molecular flexibility index (Phi) is 5.37. The minimum Gasteiger partial charge on any atom is -0.390 e. The quantitative estimate of drug-likeness (QED) is 0.788. The van der Waals surface area contributed by atoms with Crippen molar-refractivity contribution in [2.24, 2.45) is 5.92 Å². The molecule has 0 fully saturated rings. The SMILES string of the molecule is CCCn1cc(S(=O)(=O)NCC(C)C)cc1CO. The summed E-state index contributed by atoms with van der Waals surface area (Å²) in [4.78, 5) is 0.223. The summed E-state index contributed by atoms with van der Waals surface area (Å²) in [6, 6.07) is 1.53. The number of hydrogen-bond acceptors (Lipinski definition) is 3. The van der Waals surface area contributed by atoms with Crippen molar-refractivity contribution in [1.29, 1.82) is 0 Å². The molecule has 0 aliphatic carbocycles. The lowest BCUT2D eigenvalue weighted by Gasteiger charge is -2.07. The van der Waals surface area contributed by atoms with Crippen LogP contribution in [0.1, 0.15) is 32.9 Å². The molecule has 0 amide bonds. The summed E-state index contributed by atoms with van der Waals surface area (Å²) in [5.74, 6) is 0.259. The van der Waals surface area contributed by atoms with Crippen LogP contribution in [0.4, 0.5) is 0 Å². The number of aryl methyl sites for hydroxylation is 1. The van der Waals surface area contributed by atoms with E-state index in [2.05, 4.69) is 4.72 Å². The van der Waals surface area contributed by atoms with E-state index in [4.69, 9.17) is 0 Å². The first-order chi connectivity index (χ1) is 8.40. The molecule has 0 aromatic carbocycles. The summed E-state index contributed by atoms with van der Waals surface area (Å²) in [6.07, 6.45) is 2.47. The lowest BCUT2D eigenvalue weighted by atomic mass is 10.2. The monoisotopic (exact) mass is 274 g/mol. The lowest BCUT2D eigenvalue weighted by Crippen LogP contribution is -2.27. The molecule has 0 saturated heterocycles. The van der Waals surface area contributed by atoms with Crippen LogP contribution < -0.4 is 4.72 Å². The van der Waals surface area contributed by atoms with E-state index in [1.54, 1.807) is 10.8 Å². The fourth-order valence-electron chi connectivity index (χ4n) is 1.61. The van der Waals surface area contributed by atoms with E-state index in [-0.39, 0.29) is 17.4 Å². The van der Waals surface area contributed by atoms with Crippen molar-refractivity contribution in [3.63, 3.8) is 0 Å². The first kappa shape index (κ1) is 15.2. The highest BCUT2D eigenvalue weighted by Crippen LogP contribution is 2.15. The topological polar surface area (TPSA) is 71.3 Å². The van der Waals surface area contributed by atoms with Crippen molar-refractivity contribution >= 4 is 10.0 Å². The third kappa shape index (κ3) is 3.83.